The Balaban J connectivity index is 0. The van der Waals surface area contributed by atoms with Crippen molar-refractivity contribution in [2.24, 2.45) is 23.5 Å². The van der Waals surface area contributed by atoms with E-state index in [1.165, 1.54) is 50.4 Å². The molecule has 1 atom stereocenters. The second-order valence-electron chi connectivity index (χ2n) is 12.5. The Kier molecular flexibility index (Phi) is 26.6. The molecule has 1 aliphatic carbocycles. The van der Waals surface area contributed by atoms with Crippen LogP contribution in [0.25, 0.3) is 0 Å². The van der Waals surface area contributed by atoms with Gasteiger partial charge in [-0.25, -0.2) is 12.7 Å². The number of nitrogens with one attached hydrogen (secondary N) is 1. The molecule has 1 fully saturated rings. The number of carbonyl (C=O) groups is 3. The average Bonchev–Trinajstić information content (AvgIpc) is 2.99. The third-order valence-electron chi connectivity index (χ3n) is 7.17. The number of sulfonamides is 1. The highest BCUT2D eigenvalue weighted by Crippen LogP contribution is 2.22. The van der Waals surface area contributed by atoms with E-state index in [9.17, 15) is 22.8 Å². The average molecular weight is 663 g/mol. The molecule has 0 spiro atoms. The van der Waals surface area contributed by atoms with Crippen LogP contribution in [0.3, 0.4) is 0 Å². The number of nitrogens with zero attached hydrogens (tertiary/aromatic N) is 2. The van der Waals surface area contributed by atoms with E-state index >= 15 is 0 Å². The van der Waals surface area contributed by atoms with Crippen LogP contribution in [0.15, 0.2) is 42.5 Å². The van der Waals surface area contributed by atoms with Crippen LogP contribution in [0.5, 0.6) is 0 Å². The zero-order valence-corrected chi connectivity index (χ0v) is 30.6. The summed E-state index contributed by atoms with van der Waals surface area (Å²) >= 11 is 0. The minimum absolute atomic E-state index is 0.110. The van der Waals surface area contributed by atoms with E-state index in [1.54, 1.807) is 6.08 Å². The molecule has 3 N–H and O–H groups in total. The number of nitrogens with two attached hydrogens (primary N) is 1. The third kappa shape index (κ3) is 27.3. The van der Waals surface area contributed by atoms with Crippen LogP contribution in [0.4, 0.5) is 0 Å². The van der Waals surface area contributed by atoms with Crippen molar-refractivity contribution in [3.05, 3.63) is 48.0 Å². The van der Waals surface area contributed by atoms with Gasteiger partial charge in [-0.05, 0) is 57.3 Å². The molecule has 262 valence electrons. The number of hydrogen-bond acceptors (Lipinski definition) is 6. The number of hydrogen-bond donors (Lipinski definition) is 2. The number of likely N-dealkylation sites (N-methyl/N-ethyl adjacent to an activating group) is 2. The standard InChI is InChI=1S/C15H25N3O3S.C9H17NO2.C7H14.C5H6/c1-17(2)9-10-18(3)22(20,21)12-14(15(16)19)11-13-7-5-4-6-8-13;1-7(2)4-5-9(12)6-10-8(3)11;1-7-5-3-2-4-6-7;1-3-5-4-2/h4-8,14H,9-12H2,1-3H3,(H2,16,19);7H,4-6H2,1-3H3,(H,10,11);7H,2-6H2,1H3;1,4-5H,2H3/b;;;5-4+/t14-;;;/m1.../s1. The predicted octanol–water partition coefficient (Wildman–Crippen LogP) is 5.06. The molecule has 0 radical (unpaired) electrons. The summed E-state index contributed by atoms with van der Waals surface area (Å²) in [6.45, 7) is 11.0. The fourth-order valence-electron chi connectivity index (χ4n) is 4.17. The van der Waals surface area contributed by atoms with Gasteiger partial charge in [0.2, 0.25) is 21.8 Å². The fourth-order valence-corrected chi connectivity index (χ4v) is 5.57. The van der Waals surface area contributed by atoms with Gasteiger partial charge in [0, 0.05) is 33.5 Å². The lowest BCUT2D eigenvalue weighted by molar-refractivity contribution is -0.124. The molecule has 0 heterocycles. The lowest BCUT2D eigenvalue weighted by atomic mass is 9.91. The molecule has 0 unspecified atom stereocenters. The van der Waals surface area contributed by atoms with Crippen LogP contribution >= 0.6 is 0 Å². The first kappa shape index (κ1) is 45.1. The van der Waals surface area contributed by atoms with Crippen LogP contribution < -0.4 is 11.1 Å². The molecule has 0 aliphatic heterocycles. The summed E-state index contributed by atoms with van der Waals surface area (Å²) in [5, 5.41) is 2.48. The van der Waals surface area contributed by atoms with Crippen molar-refractivity contribution in [3.63, 3.8) is 0 Å². The largest absolute Gasteiger partial charge is 0.369 e. The van der Waals surface area contributed by atoms with Gasteiger partial charge in [0.25, 0.3) is 0 Å². The number of terminal acetylenes is 1. The number of allylic oxidation sites excluding steroid dienone is 2. The molecular weight excluding hydrogens is 600 g/mol. The van der Waals surface area contributed by atoms with Crippen molar-refractivity contribution in [2.75, 3.05) is 46.5 Å². The lowest BCUT2D eigenvalue weighted by Crippen LogP contribution is -2.40. The van der Waals surface area contributed by atoms with Crippen LogP contribution in [-0.2, 0) is 30.8 Å². The molecule has 0 bridgehead atoms. The van der Waals surface area contributed by atoms with E-state index in [0.717, 1.165) is 17.9 Å². The smallest absolute Gasteiger partial charge is 0.221 e. The van der Waals surface area contributed by atoms with Gasteiger partial charge in [-0.2, -0.15) is 0 Å². The second-order valence-corrected chi connectivity index (χ2v) is 14.6. The SMILES string of the molecule is C#C/C=C/C.CC(=O)NCC(=O)CCC(C)C.CC1CCCCC1.CN(C)CCN(C)S(=O)(=O)C[C@@H](Cc1ccccc1)C(N)=O. The Morgan fingerprint density at radius 1 is 1.07 bits per heavy atom. The molecule has 1 saturated carbocycles. The minimum atomic E-state index is -3.51. The maximum Gasteiger partial charge on any atom is 0.221 e. The normalized spacial score (nSPS) is 13.8. The molecule has 46 heavy (non-hydrogen) atoms. The number of ketones is 1. The predicted molar refractivity (Wildman–Crippen MR) is 191 cm³/mol. The number of benzene rings is 1. The van der Waals surface area contributed by atoms with Gasteiger partial charge in [-0.3, -0.25) is 14.4 Å². The molecule has 1 aliphatic rings. The summed E-state index contributed by atoms with van der Waals surface area (Å²) < 4.78 is 26.0. The number of Topliss-reactive ketones (excluding diaryl/α,β-unsaturated/α-hetero) is 1. The highest BCUT2D eigenvalue weighted by atomic mass is 32.2. The highest BCUT2D eigenvalue weighted by molar-refractivity contribution is 7.89. The monoisotopic (exact) mass is 662 g/mol. The molecule has 0 aromatic heterocycles. The van der Waals surface area contributed by atoms with Crippen molar-refractivity contribution >= 4 is 27.6 Å². The number of amides is 2. The van der Waals surface area contributed by atoms with E-state index in [4.69, 9.17) is 12.2 Å². The van der Waals surface area contributed by atoms with Crippen LogP contribution in [0.1, 0.15) is 85.1 Å². The molecule has 1 aromatic rings. The Morgan fingerprint density at radius 2 is 1.65 bits per heavy atom. The van der Waals surface area contributed by atoms with Crippen LogP contribution in [-0.4, -0.2) is 81.8 Å². The van der Waals surface area contributed by atoms with E-state index in [1.807, 2.05) is 62.3 Å². The summed E-state index contributed by atoms with van der Waals surface area (Å²) in [5.41, 5.74) is 6.28. The number of carbonyl (C=O) groups excluding carboxylic acids is 3. The summed E-state index contributed by atoms with van der Waals surface area (Å²) in [4.78, 5) is 35.0. The van der Waals surface area contributed by atoms with Crippen molar-refractivity contribution < 1.29 is 22.8 Å². The van der Waals surface area contributed by atoms with Crippen molar-refractivity contribution in [2.45, 2.75) is 86.0 Å². The maximum atomic E-state index is 12.3. The summed E-state index contributed by atoms with van der Waals surface area (Å²) in [5.74, 6) is 2.31. The molecule has 2 rings (SSSR count). The van der Waals surface area contributed by atoms with E-state index in [-0.39, 0.29) is 24.0 Å². The quantitative estimate of drug-likeness (QED) is 0.268. The van der Waals surface area contributed by atoms with E-state index in [0.29, 0.717) is 31.8 Å². The van der Waals surface area contributed by atoms with Crippen molar-refractivity contribution in [3.8, 4) is 12.3 Å². The first-order valence-corrected chi connectivity index (χ1v) is 17.9. The van der Waals surface area contributed by atoms with Crippen molar-refractivity contribution in [1.82, 2.24) is 14.5 Å². The second kappa shape index (κ2) is 27.1. The summed E-state index contributed by atoms with van der Waals surface area (Å²) in [7, 11) is 1.77. The van der Waals surface area contributed by atoms with Gasteiger partial charge in [0.15, 0.2) is 5.78 Å². The summed E-state index contributed by atoms with van der Waals surface area (Å²) in [6.07, 6.45) is 17.5. The van der Waals surface area contributed by atoms with Gasteiger partial charge in [0.1, 0.15) is 0 Å². The zero-order valence-electron chi connectivity index (χ0n) is 29.8. The molecule has 1 aromatic carbocycles. The Morgan fingerprint density at radius 3 is 2.04 bits per heavy atom. The van der Waals surface area contributed by atoms with E-state index in [2.05, 4.69) is 32.0 Å². The van der Waals surface area contributed by atoms with Gasteiger partial charge in [-0.1, -0.05) is 95.2 Å². The molecule has 10 heteroatoms. The summed E-state index contributed by atoms with van der Waals surface area (Å²) in [6, 6.07) is 9.29. The van der Waals surface area contributed by atoms with Gasteiger partial charge in [-0.15, -0.1) is 6.42 Å². The van der Waals surface area contributed by atoms with Gasteiger partial charge < -0.3 is 16.0 Å². The highest BCUT2D eigenvalue weighted by Gasteiger charge is 2.27. The first-order chi connectivity index (χ1) is 21.5. The molecule has 2 amide bonds. The first-order valence-electron chi connectivity index (χ1n) is 16.3. The number of primary amides is 1. The number of rotatable bonds is 14. The molecule has 9 nitrogen and oxygen atoms in total. The Bertz CT molecular complexity index is 1140. The molecular formula is C36H62N4O5S. The fraction of sp³-hybridized carbons (Fsp3) is 0.639. The Labute approximate surface area is 280 Å². The molecule has 0 saturated heterocycles. The van der Waals surface area contributed by atoms with Gasteiger partial charge in [0.05, 0.1) is 18.2 Å². The lowest BCUT2D eigenvalue weighted by Gasteiger charge is -2.22. The van der Waals surface area contributed by atoms with Crippen LogP contribution in [0.2, 0.25) is 0 Å². The van der Waals surface area contributed by atoms with E-state index < -0.39 is 21.8 Å². The van der Waals surface area contributed by atoms with Crippen molar-refractivity contribution in [1.29, 1.82) is 0 Å². The zero-order chi connectivity index (χ0) is 35.5. The third-order valence-corrected chi connectivity index (χ3v) is 9.12. The maximum absolute atomic E-state index is 12.3. The Hall–Kier alpha value is -3.00. The van der Waals surface area contributed by atoms with Gasteiger partial charge >= 0.3 is 0 Å². The topological polar surface area (TPSA) is 130 Å². The minimum Gasteiger partial charge on any atom is -0.369 e. The van der Waals surface area contributed by atoms with Crippen LogP contribution in [0, 0.1) is 30.1 Å².